The Morgan fingerprint density at radius 1 is 1.30 bits per heavy atom. The monoisotopic (exact) mass is 407 g/mol. The van der Waals surface area contributed by atoms with E-state index in [1.165, 1.54) is 0 Å². The number of ether oxygens (including phenoxy) is 1. The number of anilines is 3. The SMILES string of the molecule is COc1ccc(N)c(NC(=O)C2CC(=O)N(c3cccc(SC)c3)C2)c1.Cl. The zero-order chi connectivity index (χ0) is 18.7. The molecule has 0 radical (unpaired) electrons. The van der Waals surface area contributed by atoms with Gasteiger partial charge in [-0.2, -0.15) is 0 Å². The molecule has 1 atom stereocenters. The molecule has 8 heteroatoms. The molecule has 0 saturated carbocycles. The number of thioether (sulfide) groups is 1. The molecule has 6 nitrogen and oxygen atoms in total. The molecule has 0 aliphatic carbocycles. The summed E-state index contributed by atoms with van der Waals surface area (Å²) in [5.74, 6) is -0.0950. The van der Waals surface area contributed by atoms with Gasteiger partial charge in [-0.25, -0.2) is 0 Å². The minimum atomic E-state index is -0.425. The van der Waals surface area contributed by atoms with Gasteiger partial charge in [0.1, 0.15) is 5.75 Å². The van der Waals surface area contributed by atoms with Crippen molar-refractivity contribution in [2.24, 2.45) is 5.92 Å². The Labute approximate surface area is 168 Å². The number of nitrogens with two attached hydrogens (primary N) is 1. The number of hydrogen-bond donors (Lipinski definition) is 2. The number of nitrogens with zero attached hydrogens (tertiary/aromatic N) is 1. The third-order valence-electron chi connectivity index (χ3n) is 4.38. The van der Waals surface area contributed by atoms with Crippen LogP contribution in [0.2, 0.25) is 0 Å². The molecule has 0 aromatic heterocycles. The van der Waals surface area contributed by atoms with E-state index in [0.717, 1.165) is 10.6 Å². The highest BCUT2D eigenvalue weighted by molar-refractivity contribution is 7.98. The molecular formula is C19H22ClN3O3S. The van der Waals surface area contributed by atoms with E-state index in [1.54, 1.807) is 42.0 Å². The second-order valence-corrected chi connectivity index (χ2v) is 6.93. The third-order valence-corrected chi connectivity index (χ3v) is 5.10. The number of nitrogens with one attached hydrogen (secondary N) is 1. The average molecular weight is 408 g/mol. The number of nitrogen functional groups attached to an aromatic ring is 1. The van der Waals surface area contributed by atoms with E-state index >= 15 is 0 Å². The molecule has 144 valence electrons. The smallest absolute Gasteiger partial charge is 0.229 e. The van der Waals surface area contributed by atoms with E-state index < -0.39 is 5.92 Å². The van der Waals surface area contributed by atoms with Crippen molar-refractivity contribution in [1.29, 1.82) is 0 Å². The first-order valence-electron chi connectivity index (χ1n) is 8.20. The summed E-state index contributed by atoms with van der Waals surface area (Å²) in [6, 6.07) is 12.8. The Kier molecular flexibility index (Phi) is 6.98. The van der Waals surface area contributed by atoms with Crippen molar-refractivity contribution >= 4 is 53.0 Å². The first-order chi connectivity index (χ1) is 12.5. The summed E-state index contributed by atoms with van der Waals surface area (Å²) in [5, 5.41) is 2.82. The van der Waals surface area contributed by atoms with Gasteiger partial charge in [0.15, 0.2) is 0 Å². The molecule has 27 heavy (non-hydrogen) atoms. The molecule has 1 unspecified atom stereocenters. The lowest BCUT2D eigenvalue weighted by Gasteiger charge is -2.17. The molecular weight excluding hydrogens is 386 g/mol. The highest BCUT2D eigenvalue weighted by Gasteiger charge is 2.35. The zero-order valence-electron chi connectivity index (χ0n) is 15.1. The van der Waals surface area contributed by atoms with Crippen molar-refractivity contribution in [2.75, 3.05) is 35.9 Å². The van der Waals surface area contributed by atoms with Gasteiger partial charge in [-0.3, -0.25) is 9.59 Å². The van der Waals surface area contributed by atoms with Gasteiger partial charge < -0.3 is 20.7 Å². The molecule has 0 spiro atoms. The topological polar surface area (TPSA) is 84.7 Å². The summed E-state index contributed by atoms with van der Waals surface area (Å²) >= 11 is 1.61. The van der Waals surface area contributed by atoms with Gasteiger partial charge in [0.2, 0.25) is 11.8 Å². The zero-order valence-corrected chi connectivity index (χ0v) is 16.7. The van der Waals surface area contributed by atoms with Crippen molar-refractivity contribution in [2.45, 2.75) is 11.3 Å². The van der Waals surface area contributed by atoms with Gasteiger partial charge in [0.25, 0.3) is 0 Å². The predicted octanol–water partition coefficient (Wildman–Crippen LogP) is 3.41. The van der Waals surface area contributed by atoms with Crippen LogP contribution in [0.5, 0.6) is 5.75 Å². The van der Waals surface area contributed by atoms with Crippen molar-refractivity contribution in [3.63, 3.8) is 0 Å². The standard InChI is InChI=1S/C19H21N3O3S.ClH/c1-25-14-6-7-16(20)17(10-14)21-19(24)12-8-18(23)22(11-12)13-4-3-5-15(9-13)26-2;/h3-7,9-10,12H,8,11,20H2,1-2H3,(H,21,24);1H. The van der Waals surface area contributed by atoms with Gasteiger partial charge in [-0.05, 0) is 36.6 Å². The largest absolute Gasteiger partial charge is 0.497 e. The van der Waals surface area contributed by atoms with Crippen molar-refractivity contribution in [1.82, 2.24) is 0 Å². The van der Waals surface area contributed by atoms with Gasteiger partial charge in [-0.15, -0.1) is 24.2 Å². The van der Waals surface area contributed by atoms with E-state index in [0.29, 0.717) is 23.7 Å². The summed E-state index contributed by atoms with van der Waals surface area (Å²) in [6.45, 7) is 0.354. The first-order valence-corrected chi connectivity index (χ1v) is 9.43. The van der Waals surface area contributed by atoms with Crippen LogP contribution in [-0.2, 0) is 9.59 Å². The lowest BCUT2D eigenvalue weighted by atomic mass is 10.1. The molecule has 1 heterocycles. The van der Waals surface area contributed by atoms with Crippen LogP contribution in [0, 0.1) is 5.92 Å². The van der Waals surface area contributed by atoms with Crippen molar-refractivity contribution in [3.8, 4) is 5.75 Å². The van der Waals surface area contributed by atoms with E-state index in [1.807, 2.05) is 30.5 Å². The summed E-state index contributed by atoms with van der Waals surface area (Å²) < 4.78 is 5.16. The van der Waals surface area contributed by atoms with Crippen LogP contribution in [0.15, 0.2) is 47.4 Å². The molecule has 1 saturated heterocycles. The average Bonchev–Trinajstić information content (AvgIpc) is 3.05. The Morgan fingerprint density at radius 2 is 2.07 bits per heavy atom. The van der Waals surface area contributed by atoms with Crippen LogP contribution in [0.4, 0.5) is 17.1 Å². The summed E-state index contributed by atoms with van der Waals surface area (Å²) in [7, 11) is 1.55. The minimum Gasteiger partial charge on any atom is -0.497 e. The quantitative estimate of drug-likeness (QED) is 0.586. The van der Waals surface area contributed by atoms with Crippen LogP contribution in [0.25, 0.3) is 0 Å². The Balaban J connectivity index is 0.00000261. The van der Waals surface area contributed by atoms with Gasteiger partial charge in [0, 0.05) is 29.6 Å². The summed E-state index contributed by atoms with van der Waals surface area (Å²) in [6.07, 6.45) is 2.17. The van der Waals surface area contributed by atoms with Crippen molar-refractivity contribution in [3.05, 3.63) is 42.5 Å². The normalized spacial score (nSPS) is 16.0. The molecule has 2 amide bonds. The third kappa shape index (κ3) is 4.67. The fourth-order valence-corrected chi connectivity index (χ4v) is 3.37. The fourth-order valence-electron chi connectivity index (χ4n) is 2.92. The van der Waals surface area contributed by atoms with Crippen LogP contribution in [0.3, 0.4) is 0 Å². The Bertz CT molecular complexity index is 847. The molecule has 3 rings (SSSR count). The maximum absolute atomic E-state index is 12.6. The molecule has 1 fully saturated rings. The van der Waals surface area contributed by atoms with Gasteiger partial charge >= 0.3 is 0 Å². The van der Waals surface area contributed by atoms with Gasteiger partial charge in [-0.1, -0.05) is 6.07 Å². The highest BCUT2D eigenvalue weighted by Crippen LogP contribution is 2.30. The second kappa shape index (κ2) is 9.01. The Morgan fingerprint density at radius 3 is 2.78 bits per heavy atom. The maximum atomic E-state index is 12.6. The van der Waals surface area contributed by atoms with Crippen LogP contribution in [0.1, 0.15) is 6.42 Å². The fraction of sp³-hybridized carbons (Fsp3) is 0.263. The van der Waals surface area contributed by atoms with Gasteiger partial charge in [0.05, 0.1) is 24.4 Å². The van der Waals surface area contributed by atoms with E-state index in [-0.39, 0.29) is 30.6 Å². The lowest BCUT2D eigenvalue weighted by molar-refractivity contribution is -0.122. The number of carbonyl (C=O) groups excluding carboxylic acids is 2. The summed E-state index contributed by atoms with van der Waals surface area (Å²) in [4.78, 5) is 27.8. The first kappa shape index (κ1) is 20.9. The number of hydrogen-bond acceptors (Lipinski definition) is 5. The predicted molar refractivity (Wildman–Crippen MR) is 112 cm³/mol. The molecule has 0 bridgehead atoms. The summed E-state index contributed by atoms with van der Waals surface area (Å²) in [5.41, 5.74) is 7.68. The van der Waals surface area contributed by atoms with Crippen LogP contribution >= 0.6 is 24.2 Å². The number of methoxy groups -OCH3 is 1. The minimum absolute atomic E-state index is 0. The number of amides is 2. The maximum Gasteiger partial charge on any atom is 0.229 e. The number of benzene rings is 2. The Hall–Kier alpha value is -2.38. The lowest BCUT2D eigenvalue weighted by Crippen LogP contribution is -2.28. The van der Waals surface area contributed by atoms with Crippen LogP contribution < -0.4 is 20.7 Å². The van der Waals surface area contributed by atoms with E-state index in [9.17, 15) is 9.59 Å². The molecule has 2 aromatic carbocycles. The number of rotatable bonds is 5. The van der Waals surface area contributed by atoms with E-state index in [2.05, 4.69) is 5.32 Å². The molecule has 3 N–H and O–H groups in total. The molecule has 1 aliphatic rings. The van der Waals surface area contributed by atoms with Crippen molar-refractivity contribution < 1.29 is 14.3 Å². The number of halogens is 1. The number of carbonyl (C=O) groups is 2. The molecule has 2 aromatic rings. The van der Waals surface area contributed by atoms with Crippen LogP contribution in [-0.4, -0.2) is 31.7 Å². The highest BCUT2D eigenvalue weighted by atomic mass is 35.5. The van der Waals surface area contributed by atoms with E-state index in [4.69, 9.17) is 10.5 Å². The second-order valence-electron chi connectivity index (χ2n) is 6.05. The molecule has 1 aliphatic heterocycles.